The molecule has 32 heavy (non-hydrogen) atoms. The maximum Gasteiger partial charge on any atom is 0.246 e. The minimum absolute atomic E-state index is 0. The minimum atomic E-state index is -0.699. The Bertz CT molecular complexity index is 766. The molecule has 0 aromatic carbocycles. The maximum atomic E-state index is 13.4. The number of carbonyl (C=O) groups is 2. The van der Waals surface area contributed by atoms with E-state index in [9.17, 15) is 9.59 Å². The van der Waals surface area contributed by atoms with Crippen molar-refractivity contribution >= 4 is 24.2 Å². The third kappa shape index (κ3) is 4.98. The van der Waals surface area contributed by atoms with Crippen LogP contribution < -0.4 is 5.32 Å². The molecule has 0 bridgehead atoms. The number of likely N-dealkylation sites (tertiary alicyclic amines) is 1. The topological polar surface area (TPSA) is 81.3 Å². The van der Waals surface area contributed by atoms with Crippen LogP contribution in [-0.4, -0.2) is 63.0 Å². The summed E-state index contributed by atoms with van der Waals surface area (Å²) >= 11 is 0. The number of unbranched alkanes of at least 4 members (excludes halogenated alkanes) is 1. The van der Waals surface area contributed by atoms with E-state index >= 15 is 0 Å². The average Bonchev–Trinajstić information content (AvgIpc) is 3.06. The van der Waals surface area contributed by atoms with Crippen molar-refractivity contribution < 1.29 is 9.59 Å². The van der Waals surface area contributed by atoms with Crippen molar-refractivity contribution in [3.05, 3.63) is 17.0 Å². The average molecular weight is 468 g/mol. The van der Waals surface area contributed by atoms with Crippen molar-refractivity contribution in [1.82, 2.24) is 25.3 Å². The summed E-state index contributed by atoms with van der Waals surface area (Å²) in [6, 6.07) is -0.0936. The summed E-state index contributed by atoms with van der Waals surface area (Å²) in [6.07, 6.45) is 5.02. The normalized spacial score (nSPS) is 22.2. The summed E-state index contributed by atoms with van der Waals surface area (Å²) in [4.78, 5) is 31.3. The van der Waals surface area contributed by atoms with Gasteiger partial charge in [0.15, 0.2) is 0 Å². The quantitative estimate of drug-likeness (QED) is 0.607. The van der Waals surface area contributed by atoms with Crippen LogP contribution >= 0.6 is 12.4 Å². The molecule has 2 fully saturated rings. The Morgan fingerprint density at radius 1 is 1.16 bits per heavy atom. The molecular formula is C24H42ClN5O2. The molecular weight excluding hydrogens is 426 g/mol. The van der Waals surface area contributed by atoms with E-state index in [2.05, 4.69) is 62.0 Å². The van der Waals surface area contributed by atoms with E-state index in [-0.39, 0.29) is 36.3 Å². The van der Waals surface area contributed by atoms with E-state index in [4.69, 9.17) is 0 Å². The molecule has 2 saturated heterocycles. The smallest absolute Gasteiger partial charge is 0.246 e. The molecule has 182 valence electrons. The van der Waals surface area contributed by atoms with E-state index < -0.39 is 5.54 Å². The lowest BCUT2D eigenvalue weighted by molar-refractivity contribution is -0.162. The van der Waals surface area contributed by atoms with Crippen LogP contribution in [0.3, 0.4) is 0 Å². The second-order valence-electron chi connectivity index (χ2n) is 9.84. The number of aryl methyl sites for hydroxylation is 2. The van der Waals surface area contributed by atoms with Gasteiger partial charge in [0, 0.05) is 36.9 Å². The number of piperazine rings is 1. The molecule has 0 radical (unpaired) electrons. The molecule has 3 rings (SSSR count). The molecule has 2 N–H and O–H groups in total. The number of H-pyrrole nitrogens is 1. The van der Waals surface area contributed by atoms with Crippen LogP contribution in [0, 0.1) is 19.8 Å². The van der Waals surface area contributed by atoms with E-state index in [1.165, 1.54) is 5.56 Å². The largest absolute Gasteiger partial charge is 0.342 e. The molecule has 2 aliphatic heterocycles. The first-order valence-corrected chi connectivity index (χ1v) is 12.1. The van der Waals surface area contributed by atoms with Gasteiger partial charge in [-0.05, 0) is 51.9 Å². The fraction of sp³-hybridized carbons (Fsp3) is 0.792. The number of halogens is 1. The Kier molecular flexibility index (Phi) is 9.17. The predicted octanol–water partition coefficient (Wildman–Crippen LogP) is 3.91. The summed E-state index contributed by atoms with van der Waals surface area (Å²) in [5, 5.41) is 10.6. The number of nitrogens with one attached hydrogen (secondary N) is 2. The highest BCUT2D eigenvalue weighted by molar-refractivity contribution is 6.00. The standard InChI is InChI=1S/C24H41N5O2.ClH/c1-7-9-12-29-22(30)19(15-16(3)4)25-23(31)24(29)10-13-28(14-11-24)20(8-2)21-17(5)26-27-18(21)6;/h16,19-20H,7-15H2,1-6H3,(H,25,31)(H,26,27);1H/t19-,20?;/m0./s1. The van der Waals surface area contributed by atoms with Crippen LogP contribution in [0.15, 0.2) is 0 Å². The number of carbonyl (C=O) groups excluding carboxylic acids is 2. The van der Waals surface area contributed by atoms with Gasteiger partial charge in [0.25, 0.3) is 0 Å². The fourth-order valence-corrected chi connectivity index (χ4v) is 5.55. The number of rotatable bonds is 8. The van der Waals surface area contributed by atoms with Gasteiger partial charge in [-0.25, -0.2) is 0 Å². The first-order valence-electron chi connectivity index (χ1n) is 12.1. The number of amides is 2. The number of hydrogen-bond acceptors (Lipinski definition) is 4. The monoisotopic (exact) mass is 467 g/mol. The summed E-state index contributed by atoms with van der Waals surface area (Å²) in [5.41, 5.74) is 2.75. The number of hydrogen-bond donors (Lipinski definition) is 2. The summed E-state index contributed by atoms with van der Waals surface area (Å²) in [7, 11) is 0. The summed E-state index contributed by atoms with van der Waals surface area (Å²) < 4.78 is 0. The molecule has 0 saturated carbocycles. The highest BCUT2D eigenvalue weighted by Gasteiger charge is 2.53. The van der Waals surface area contributed by atoms with E-state index in [1.54, 1.807) is 0 Å². The zero-order valence-corrected chi connectivity index (χ0v) is 21.5. The van der Waals surface area contributed by atoms with Crippen molar-refractivity contribution in [1.29, 1.82) is 0 Å². The molecule has 1 aromatic rings. The molecule has 7 nitrogen and oxygen atoms in total. The lowest BCUT2D eigenvalue weighted by Gasteiger charge is -2.52. The third-order valence-corrected chi connectivity index (χ3v) is 7.22. The second-order valence-corrected chi connectivity index (χ2v) is 9.84. The lowest BCUT2D eigenvalue weighted by Crippen LogP contribution is -2.73. The van der Waals surface area contributed by atoms with Crippen LogP contribution in [0.25, 0.3) is 0 Å². The highest BCUT2D eigenvalue weighted by atomic mass is 35.5. The zero-order chi connectivity index (χ0) is 22.8. The SMILES string of the molecule is CCCCN1C(=O)[C@H](CC(C)C)NC(=O)C12CCN(C(CC)c1c(C)n[nH]c1C)CC2.Cl. The molecule has 3 heterocycles. The molecule has 2 aliphatic rings. The summed E-state index contributed by atoms with van der Waals surface area (Å²) in [6.45, 7) is 15.0. The van der Waals surface area contributed by atoms with Gasteiger partial charge in [0.2, 0.25) is 11.8 Å². The van der Waals surface area contributed by atoms with Gasteiger partial charge < -0.3 is 10.2 Å². The number of aromatic nitrogens is 2. The van der Waals surface area contributed by atoms with Gasteiger partial charge in [-0.2, -0.15) is 5.10 Å². The molecule has 8 heteroatoms. The maximum absolute atomic E-state index is 13.4. The van der Waals surface area contributed by atoms with E-state index in [1.807, 2.05) is 4.90 Å². The molecule has 0 aliphatic carbocycles. The molecule has 1 spiro atoms. The fourth-order valence-electron chi connectivity index (χ4n) is 5.55. The van der Waals surface area contributed by atoms with Gasteiger partial charge in [-0.1, -0.05) is 34.1 Å². The Hall–Kier alpha value is -1.60. The van der Waals surface area contributed by atoms with Crippen LogP contribution in [0.1, 0.15) is 89.2 Å². The van der Waals surface area contributed by atoms with Crippen molar-refractivity contribution in [2.75, 3.05) is 19.6 Å². The number of piperidine rings is 1. The van der Waals surface area contributed by atoms with Crippen molar-refractivity contribution in [3.8, 4) is 0 Å². The van der Waals surface area contributed by atoms with Crippen molar-refractivity contribution in [3.63, 3.8) is 0 Å². The van der Waals surface area contributed by atoms with Crippen LogP contribution in [0.5, 0.6) is 0 Å². The third-order valence-electron chi connectivity index (χ3n) is 7.22. The van der Waals surface area contributed by atoms with Gasteiger partial charge in [-0.3, -0.25) is 19.6 Å². The Morgan fingerprint density at radius 2 is 1.81 bits per heavy atom. The van der Waals surface area contributed by atoms with Crippen molar-refractivity contribution in [2.45, 2.75) is 97.7 Å². The first-order chi connectivity index (χ1) is 14.7. The summed E-state index contributed by atoms with van der Waals surface area (Å²) in [5.74, 6) is 0.533. The van der Waals surface area contributed by atoms with Gasteiger partial charge in [0.1, 0.15) is 11.6 Å². The Balaban J connectivity index is 0.00000363. The minimum Gasteiger partial charge on any atom is -0.342 e. The van der Waals surface area contributed by atoms with Gasteiger partial charge in [0.05, 0.1) is 5.69 Å². The first kappa shape index (κ1) is 26.7. The molecule has 1 unspecified atom stereocenters. The van der Waals surface area contributed by atoms with Crippen LogP contribution in [-0.2, 0) is 9.59 Å². The molecule has 2 amide bonds. The van der Waals surface area contributed by atoms with Gasteiger partial charge in [-0.15, -0.1) is 12.4 Å². The predicted molar refractivity (Wildman–Crippen MR) is 130 cm³/mol. The van der Waals surface area contributed by atoms with Crippen molar-refractivity contribution in [2.24, 2.45) is 5.92 Å². The van der Waals surface area contributed by atoms with Gasteiger partial charge >= 0.3 is 0 Å². The molecule has 1 aromatic heterocycles. The number of aromatic amines is 1. The lowest BCUT2D eigenvalue weighted by atomic mass is 9.80. The van der Waals surface area contributed by atoms with E-state index in [0.717, 1.165) is 43.7 Å². The van der Waals surface area contributed by atoms with Crippen LogP contribution in [0.2, 0.25) is 0 Å². The highest BCUT2D eigenvalue weighted by Crippen LogP contribution is 2.38. The van der Waals surface area contributed by atoms with E-state index in [0.29, 0.717) is 31.7 Å². The molecule has 2 atom stereocenters. The Morgan fingerprint density at radius 3 is 2.31 bits per heavy atom. The Labute approximate surface area is 199 Å². The van der Waals surface area contributed by atoms with Crippen LogP contribution in [0.4, 0.5) is 0 Å². The zero-order valence-electron chi connectivity index (χ0n) is 20.7. The second kappa shape index (κ2) is 11.0. The number of nitrogens with zero attached hydrogens (tertiary/aromatic N) is 3.